The number of benzene rings is 1. The Morgan fingerprint density at radius 1 is 0.979 bits per heavy atom. The molecule has 1 N–H and O–H groups in total. The van der Waals surface area contributed by atoms with Crippen LogP contribution in [0.15, 0.2) is 42.7 Å². The third kappa shape index (κ3) is 8.46. The number of carbonyl (C=O) groups excluding carboxylic acids is 2. The van der Waals surface area contributed by atoms with Gasteiger partial charge in [0, 0.05) is 61.9 Å². The van der Waals surface area contributed by atoms with Crippen LogP contribution in [0.1, 0.15) is 64.2 Å². The average molecular weight is 681 g/mol. The van der Waals surface area contributed by atoms with E-state index in [2.05, 4.69) is 15.2 Å². The molecule has 6 rings (SSSR count). The van der Waals surface area contributed by atoms with E-state index < -0.39 is 9.84 Å². The van der Waals surface area contributed by atoms with Gasteiger partial charge in [-0.05, 0) is 82.8 Å². The molecule has 1 saturated carbocycles. The van der Waals surface area contributed by atoms with Crippen molar-refractivity contribution in [1.82, 2.24) is 24.3 Å². The molecule has 1 amide bonds. The van der Waals surface area contributed by atoms with E-state index in [-0.39, 0.29) is 41.7 Å². The number of nitrogens with zero attached hydrogens (tertiary/aromatic N) is 5. The Labute approximate surface area is 283 Å². The minimum atomic E-state index is -3.02. The molecule has 0 unspecified atom stereocenters. The lowest BCUT2D eigenvalue weighted by molar-refractivity contribution is -0.159. The third-order valence-corrected chi connectivity index (χ3v) is 11.0. The van der Waals surface area contributed by atoms with Crippen LogP contribution in [0.25, 0.3) is 16.7 Å². The van der Waals surface area contributed by atoms with Crippen LogP contribution in [-0.4, -0.2) is 108 Å². The van der Waals surface area contributed by atoms with Crippen molar-refractivity contribution in [3.63, 3.8) is 0 Å². The van der Waals surface area contributed by atoms with E-state index in [0.29, 0.717) is 50.7 Å². The molecule has 0 spiro atoms. The van der Waals surface area contributed by atoms with Crippen LogP contribution >= 0.6 is 0 Å². The van der Waals surface area contributed by atoms with Crippen molar-refractivity contribution in [1.29, 1.82) is 0 Å². The van der Waals surface area contributed by atoms with Gasteiger partial charge >= 0.3 is 5.97 Å². The number of aromatic nitrogens is 3. The number of anilines is 1. The van der Waals surface area contributed by atoms with Crippen LogP contribution < -0.4 is 10.1 Å². The predicted molar refractivity (Wildman–Crippen MR) is 184 cm³/mol. The van der Waals surface area contributed by atoms with Gasteiger partial charge in [-0.2, -0.15) is 4.98 Å². The fourth-order valence-corrected chi connectivity index (χ4v) is 7.90. The fourth-order valence-electron chi connectivity index (χ4n) is 7.26. The molecule has 3 aliphatic rings. The first-order valence-corrected chi connectivity index (χ1v) is 19.4. The second-order valence-corrected chi connectivity index (χ2v) is 15.9. The highest BCUT2D eigenvalue weighted by atomic mass is 32.2. The minimum absolute atomic E-state index is 0.0133. The van der Waals surface area contributed by atoms with Crippen LogP contribution in [0, 0.1) is 5.92 Å². The highest BCUT2D eigenvalue weighted by Gasteiger charge is 2.34. The quantitative estimate of drug-likeness (QED) is 0.232. The normalized spacial score (nSPS) is 22.8. The number of hydrogen-bond donors (Lipinski definition) is 1. The number of fused-ring (bicyclic) bond motifs is 1. The standard InChI is InChI=1S/C35H48N6O6S/c1-39-19-4-3-7-30(39)34(43)47-27-15-20-40(21-16-27)33(42)25-10-12-26(13-11-25)37-35-36-18-14-32(38-35)41-22-17-28-29(41)8-5-9-31(28)46-23-6-24-48(2,44)45/h5,8-9,14,17-18,22,25-27,30H,3-4,6-7,10-13,15-16,19-21,23-24H2,1-2H3,(H,36,37,38)/t25?,26?,30-/m0/s1. The molecule has 4 heterocycles. The summed E-state index contributed by atoms with van der Waals surface area (Å²) in [6, 6.07) is 9.68. The van der Waals surface area contributed by atoms with Crippen molar-refractivity contribution >= 4 is 38.6 Å². The van der Waals surface area contributed by atoms with Crippen LogP contribution in [-0.2, 0) is 24.2 Å². The van der Waals surface area contributed by atoms with E-state index in [0.717, 1.165) is 68.2 Å². The Hall–Kier alpha value is -3.71. The number of sulfone groups is 1. The van der Waals surface area contributed by atoms with Gasteiger partial charge in [0.05, 0.1) is 17.9 Å². The summed E-state index contributed by atoms with van der Waals surface area (Å²) in [5.41, 5.74) is 0.929. The van der Waals surface area contributed by atoms with Crippen molar-refractivity contribution in [2.45, 2.75) is 82.4 Å². The van der Waals surface area contributed by atoms with Crippen molar-refractivity contribution in [3.05, 3.63) is 42.7 Å². The largest absolute Gasteiger partial charge is 0.493 e. The number of likely N-dealkylation sites (tertiary alicyclic amines) is 2. The molecule has 260 valence electrons. The van der Waals surface area contributed by atoms with Gasteiger partial charge in [0.15, 0.2) is 0 Å². The molecule has 1 aromatic carbocycles. The maximum absolute atomic E-state index is 13.4. The lowest BCUT2D eigenvalue weighted by Gasteiger charge is -2.37. The lowest BCUT2D eigenvalue weighted by atomic mass is 9.85. The zero-order valence-corrected chi connectivity index (χ0v) is 28.9. The smallest absolute Gasteiger partial charge is 0.323 e. The van der Waals surface area contributed by atoms with Crippen molar-refractivity contribution in [2.24, 2.45) is 5.92 Å². The second-order valence-electron chi connectivity index (χ2n) is 13.6. The maximum atomic E-state index is 13.4. The number of hydrogen-bond acceptors (Lipinski definition) is 10. The van der Waals surface area contributed by atoms with Crippen molar-refractivity contribution in [3.8, 4) is 11.6 Å². The van der Waals surface area contributed by atoms with Crippen LogP contribution in [0.5, 0.6) is 5.75 Å². The van der Waals surface area contributed by atoms with Crippen LogP contribution in [0.2, 0.25) is 0 Å². The maximum Gasteiger partial charge on any atom is 0.323 e. The van der Waals surface area contributed by atoms with E-state index in [4.69, 9.17) is 14.5 Å². The number of rotatable bonds is 11. The van der Waals surface area contributed by atoms with E-state index in [1.807, 2.05) is 53.0 Å². The molecule has 0 bridgehead atoms. The van der Waals surface area contributed by atoms with E-state index >= 15 is 0 Å². The zero-order valence-electron chi connectivity index (χ0n) is 28.1. The molecule has 1 aliphatic carbocycles. The first kappa shape index (κ1) is 34.2. The summed E-state index contributed by atoms with van der Waals surface area (Å²) in [4.78, 5) is 39.5. The van der Waals surface area contributed by atoms with Crippen LogP contribution in [0.3, 0.4) is 0 Å². The number of ether oxygens (including phenoxy) is 2. The van der Waals surface area contributed by atoms with E-state index in [9.17, 15) is 18.0 Å². The number of piperidine rings is 2. The molecule has 0 radical (unpaired) electrons. The van der Waals surface area contributed by atoms with Gasteiger partial charge in [-0.15, -0.1) is 0 Å². The lowest BCUT2D eigenvalue weighted by Crippen LogP contribution is -2.47. The summed E-state index contributed by atoms with van der Waals surface area (Å²) < 4.78 is 36.7. The summed E-state index contributed by atoms with van der Waals surface area (Å²) in [5, 5.41) is 4.42. The molecule has 12 nitrogen and oxygen atoms in total. The highest BCUT2D eigenvalue weighted by molar-refractivity contribution is 7.90. The highest BCUT2D eigenvalue weighted by Crippen LogP contribution is 2.31. The summed E-state index contributed by atoms with van der Waals surface area (Å²) in [7, 11) is -1.03. The van der Waals surface area contributed by atoms with Crippen molar-refractivity contribution in [2.75, 3.05) is 50.6 Å². The summed E-state index contributed by atoms with van der Waals surface area (Å²) in [5.74, 6) is 2.20. The van der Waals surface area contributed by atoms with Crippen LogP contribution in [0.4, 0.5) is 5.95 Å². The van der Waals surface area contributed by atoms with E-state index in [1.54, 1.807) is 6.20 Å². The van der Waals surface area contributed by atoms with Crippen molar-refractivity contribution < 1.29 is 27.5 Å². The first-order chi connectivity index (χ1) is 23.1. The molecule has 1 atom stereocenters. The topological polar surface area (TPSA) is 136 Å². The van der Waals surface area contributed by atoms with Gasteiger partial charge in [-0.25, -0.2) is 13.4 Å². The second kappa shape index (κ2) is 15.2. The molecule has 3 fully saturated rings. The van der Waals surface area contributed by atoms with Gasteiger partial charge in [-0.3, -0.25) is 14.5 Å². The molecule has 48 heavy (non-hydrogen) atoms. The summed E-state index contributed by atoms with van der Waals surface area (Å²) >= 11 is 0. The number of nitrogens with one attached hydrogen (secondary N) is 1. The summed E-state index contributed by atoms with van der Waals surface area (Å²) in [6.45, 7) is 2.54. The number of carbonyl (C=O) groups is 2. The molecule has 2 aromatic heterocycles. The SMILES string of the molecule is CN1CCCC[C@H]1C(=O)OC1CCN(C(=O)C2CCC(Nc3nccc(-n4ccc5c(OCCCS(C)(=O)=O)cccc54)n3)CC2)CC1. The molecule has 2 saturated heterocycles. The van der Waals surface area contributed by atoms with Gasteiger partial charge in [0.1, 0.15) is 33.6 Å². The third-order valence-electron chi connectivity index (χ3n) is 9.99. The predicted octanol–water partition coefficient (Wildman–Crippen LogP) is 4.22. The molecule has 3 aromatic rings. The number of likely N-dealkylation sites (N-methyl/N-ethyl adjacent to an activating group) is 1. The molecular formula is C35H48N6O6S. The van der Waals surface area contributed by atoms with Gasteiger partial charge < -0.3 is 24.3 Å². The minimum Gasteiger partial charge on any atom is -0.493 e. The Balaban J connectivity index is 0.975. The Kier molecular flexibility index (Phi) is 10.8. The molecular weight excluding hydrogens is 632 g/mol. The van der Waals surface area contributed by atoms with Gasteiger partial charge in [0.2, 0.25) is 11.9 Å². The number of esters is 1. The monoisotopic (exact) mass is 680 g/mol. The number of amides is 1. The first-order valence-electron chi connectivity index (χ1n) is 17.3. The fraction of sp³-hybridized carbons (Fsp3) is 0.600. The Bertz CT molecular complexity index is 1680. The van der Waals surface area contributed by atoms with E-state index in [1.165, 1.54) is 6.26 Å². The zero-order chi connectivity index (χ0) is 33.7. The van der Waals surface area contributed by atoms with Gasteiger partial charge in [0.25, 0.3) is 0 Å². The summed E-state index contributed by atoms with van der Waals surface area (Å²) in [6.07, 6.45) is 13.1. The molecule has 2 aliphatic heterocycles. The molecule has 13 heteroatoms. The van der Waals surface area contributed by atoms with Gasteiger partial charge in [-0.1, -0.05) is 12.5 Å². The average Bonchev–Trinajstić information content (AvgIpc) is 3.52. The Morgan fingerprint density at radius 3 is 2.52 bits per heavy atom. The Morgan fingerprint density at radius 2 is 1.77 bits per heavy atom.